The molecule has 0 bridgehead atoms. The van der Waals surface area contributed by atoms with Crippen LogP contribution in [-0.4, -0.2) is 42.8 Å². The third kappa shape index (κ3) is 8.48. The minimum absolute atomic E-state index is 0.278. The first-order valence-electron chi connectivity index (χ1n) is 5.88. The largest absolute Gasteiger partial charge is 0.395 e. The summed E-state index contributed by atoms with van der Waals surface area (Å²) < 4.78 is 0. The van der Waals surface area contributed by atoms with Crippen LogP contribution in [0.2, 0.25) is 0 Å². The Hall–Kier alpha value is -0.120. The van der Waals surface area contributed by atoms with Gasteiger partial charge in [0.1, 0.15) is 0 Å². The Balaban J connectivity index is 3.40. The second kappa shape index (κ2) is 11.0. The molecular formula is C11H26N2O. The molecule has 0 saturated carbocycles. The lowest BCUT2D eigenvalue weighted by Gasteiger charge is -2.20. The number of aliphatic hydroxyl groups is 1. The van der Waals surface area contributed by atoms with E-state index in [4.69, 9.17) is 10.8 Å². The van der Waals surface area contributed by atoms with Gasteiger partial charge in [0.2, 0.25) is 0 Å². The van der Waals surface area contributed by atoms with Crippen LogP contribution in [0.5, 0.6) is 0 Å². The van der Waals surface area contributed by atoms with Crippen molar-refractivity contribution in [3.05, 3.63) is 0 Å². The van der Waals surface area contributed by atoms with Gasteiger partial charge in [0, 0.05) is 6.54 Å². The maximum atomic E-state index is 8.88. The summed E-state index contributed by atoms with van der Waals surface area (Å²) in [5.74, 6) is 0. The third-order valence-electron chi connectivity index (χ3n) is 2.42. The highest BCUT2D eigenvalue weighted by molar-refractivity contribution is 4.57. The minimum Gasteiger partial charge on any atom is -0.395 e. The van der Waals surface area contributed by atoms with Crippen molar-refractivity contribution in [1.82, 2.24) is 4.90 Å². The summed E-state index contributed by atoms with van der Waals surface area (Å²) in [6.45, 7) is 6.34. The first kappa shape index (κ1) is 13.9. The van der Waals surface area contributed by atoms with Gasteiger partial charge in [0.05, 0.1) is 6.61 Å². The molecule has 0 aromatic carbocycles. The van der Waals surface area contributed by atoms with E-state index in [-0.39, 0.29) is 6.61 Å². The number of hydrogen-bond acceptors (Lipinski definition) is 3. The van der Waals surface area contributed by atoms with Crippen molar-refractivity contribution in [2.45, 2.75) is 39.0 Å². The molecule has 14 heavy (non-hydrogen) atoms. The molecule has 0 fully saturated rings. The molecular weight excluding hydrogens is 176 g/mol. The zero-order valence-electron chi connectivity index (χ0n) is 9.54. The van der Waals surface area contributed by atoms with Gasteiger partial charge in [-0.15, -0.1) is 0 Å². The van der Waals surface area contributed by atoms with E-state index in [9.17, 15) is 0 Å². The molecule has 0 unspecified atom stereocenters. The van der Waals surface area contributed by atoms with E-state index in [1.165, 1.54) is 25.7 Å². The van der Waals surface area contributed by atoms with Gasteiger partial charge in [0.25, 0.3) is 0 Å². The summed E-state index contributed by atoms with van der Waals surface area (Å²) in [5, 5.41) is 8.88. The Morgan fingerprint density at radius 2 is 1.71 bits per heavy atom. The lowest BCUT2D eigenvalue weighted by Crippen LogP contribution is -2.29. The molecule has 0 heterocycles. The smallest absolute Gasteiger partial charge is 0.0558 e. The van der Waals surface area contributed by atoms with Crippen LogP contribution in [0.4, 0.5) is 0 Å². The maximum absolute atomic E-state index is 8.88. The van der Waals surface area contributed by atoms with Crippen molar-refractivity contribution in [2.75, 3.05) is 32.8 Å². The summed E-state index contributed by atoms with van der Waals surface area (Å²) in [7, 11) is 0. The van der Waals surface area contributed by atoms with Crippen LogP contribution < -0.4 is 5.73 Å². The highest BCUT2D eigenvalue weighted by Gasteiger charge is 2.02. The molecule has 0 radical (unpaired) electrons. The predicted molar refractivity (Wildman–Crippen MR) is 61.3 cm³/mol. The van der Waals surface area contributed by atoms with Crippen LogP contribution in [0.15, 0.2) is 0 Å². The number of aliphatic hydroxyl groups excluding tert-OH is 1. The lowest BCUT2D eigenvalue weighted by molar-refractivity contribution is 0.191. The van der Waals surface area contributed by atoms with Gasteiger partial charge in [-0.05, 0) is 38.9 Å². The van der Waals surface area contributed by atoms with Gasteiger partial charge in [-0.1, -0.05) is 19.8 Å². The quantitative estimate of drug-likeness (QED) is 0.524. The Morgan fingerprint density at radius 3 is 2.29 bits per heavy atom. The fourth-order valence-corrected chi connectivity index (χ4v) is 1.52. The van der Waals surface area contributed by atoms with E-state index in [0.29, 0.717) is 0 Å². The number of unbranched alkanes of at least 4 members (excludes halogenated alkanes) is 3. The standard InChI is InChI=1S/C11H26N2O/c1-2-3-8-13(10-11-14)9-6-4-5-7-12/h14H,2-12H2,1H3. The zero-order chi connectivity index (χ0) is 10.6. The topological polar surface area (TPSA) is 49.5 Å². The average Bonchev–Trinajstić information content (AvgIpc) is 2.20. The van der Waals surface area contributed by atoms with Gasteiger partial charge < -0.3 is 15.7 Å². The van der Waals surface area contributed by atoms with Crippen molar-refractivity contribution in [1.29, 1.82) is 0 Å². The fourth-order valence-electron chi connectivity index (χ4n) is 1.52. The molecule has 86 valence electrons. The molecule has 3 N–H and O–H groups in total. The highest BCUT2D eigenvalue weighted by Crippen LogP contribution is 2.00. The van der Waals surface area contributed by atoms with Crippen LogP contribution in [0.3, 0.4) is 0 Å². The summed E-state index contributed by atoms with van der Waals surface area (Å²) in [5.41, 5.74) is 5.43. The van der Waals surface area contributed by atoms with Crippen molar-refractivity contribution >= 4 is 0 Å². The van der Waals surface area contributed by atoms with E-state index in [0.717, 1.165) is 32.6 Å². The summed E-state index contributed by atoms with van der Waals surface area (Å²) in [4.78, 5) is 2.35. The predicted octanol–water partition coefficient (Wildman–Crippen LogP) is 1.21. The van der Waals surface area contributed by atoms with E-state index >= 15 is 0 Å². The van der Waals surface area contributed by atoms with Gasteiger partial charge in [-0.3, -0.25) is 0 Å². The first-order valence-corrected chi connectivity index (χ1v) is 5.88. The van der Waals surface area contributed by atoms with Gasteiger partial charge >= 0.3 is 0 Å². The van der Waals surface area contributed by atoms with Gasteiger partial charge in [0.15, 0.2) is 0 Å². The zero-order valence-corrected chi connectivity index (χ0v) is 9.54. The number of rotatable bonds is 10. The molecule has 0 atom stereocenters. The van der Waals surface area contributed by atoms with E-state index in [2.05, 4.69) is 11.8 Å². The summed E-state index contributed by atoms with van der Waals surface area (Å²) >= 11 is 0. The SMILES string of the molecule is CCCCN(CCO)CCCCCN. The van der Waals surface area contributed by atoms with Crippen molar-refractivity contribution in [2.24, 2.45) is 5.73 Å². The normalized spacial score (nSPS) is 11.1. The third-order valence-corrected chi connectivity index (χ3v) is 2.42. The summed E-state index contributed by atoms with van der Waals surface area (Å²) in [6, 6.07) is 0. The molecule has 0 aliphatic carbocycles. The van der Waals surface area contributed by atoms with Crippen molar-refractivity contribution in [3.8, 4) is 0 Å². The Labute approximate surface area is 88.3 Å². The summed E-state index contributed by atoms with van der Waals surface area (Å²) in [6.07, 6.45) is 6.01. The molecule has 3 heteroatoms. The molecule has 0 amide bonds. The van der Waals surface area contributed by atoms with Crippen LogP contribution in [0.25, 0.3) is 0 Å². The number of nitrogens with two attached hydrogens (primary N) is 1. The maximum Gasteiger partial charge on any atom is 0.0558 e. The van der Waals surface area contributed by atoms with E-state index < -0.39 is 0 Å². The molecule has 0 saturated heterocycles. The second-order valence-corrected chi connectivity index (χ2v) is 3.77. The van der Waals surface area contributed by atoms with Crippen LogP contribution in [0, 0.1) is 0 Å². The highest BCUT2D eigenvalue weighted by atomic mass is 16.3. The van der Waals surface area contributed by atoms with Gasteiger partial charge in [-0.25, -0.2) is 0 Å². The van der Waals surface area contributed by atoms with Crippen LogP contribution in [-0.2, 0) is 0 Å². The molecule has 0 aromatic heterocycles. The molecule has 0 aromatic rings. The molecule has 0 aliphatic rings. The van der Waals surface area contributed by atoms with E-state index in [1.807, 2.05) is 0 Å². The second-order valence-electron chi connectivity index (χ2n) is 3.77. The molecule has 3 nitrogen and oxygen atoms in total. The average molecular weight is 202 g/mol. The van der Waals surface area contributed by atoms with E-state index in [1.54, 1.807) is 0 Å². The fraction of sp³-hybridized carbons (Fsp3) is 1.00. The molecule has 0 aliphatic heterocycles. The Morgan fingerprint density at radius 1 is 1.00 bits per heavy atom. The lowest BCUT2D eigenvalue weighted by atomic mass is 10.2. The first-order chi connectivity index (χ1) is 6.85. The monoisotopic (exact) mass is 202 g/mol. The molecule has 0 spiro atoms. The van der Waals surface area contributed by atoms with Crippen molar-refractivity contribution in [3.63, 3.8) is 0 Å². The Kier molecular flexibility index (Phi) is 10.9. The van der Waals surface area contributed by atoms with Crippen molar-refractivity contribution < 1.29 is 5.11 Å². The molecule has 0 rings (SSSR count). The van der Waals surface area contributed by atoms with Gasteiger partial charge in [-0.2, -0.15) is 0 Å². The minimum atomic E-state index is 0.278. The number of hydrogen-bond donors (Lipinski definition) is 2. The van der Waals surface area contributed by atoms with Crippen LogP contribution in [0.1, 0.15) is 39.0 Å². The number of nitrogens with zero attached hydrogens (tertiary/aromatic N) is 1. The Bertz CT molecular complexity index is 109. The van der Waals surface area contributed by atoms with Crippen LogP contribution >= 0.6 is 0 Å².